The molecule has 1 aliphatic carbocycles. The molecular formula is C12H14BF2NO2. The van der Waals surface area contributed by atoms with Gasteiger partial charge >= 0.3 is 13.4 Å². The summed E-state index contributed by atoms with van der Waals surface area (Å²) in [6, 6.07) is 9.28. The van der Waals surface area contributed by atoms with E-state index < -0.39 is 19.2 Å². The van der Waals surface area contributed by atoms with Gasteiger partial charge in [0.25, 0.3) is 0 Å². The van der Waals surface area contributed by atoms with Crippen LogP contribution in [0.1, 0.15) is 12.0 Å². The van der Waals surface area contributed by atoms with E-state index in [1.54, 1.807) is 0 Å². The summed E-state index contributed by atoms with van der Waals surface area (Å²) >= 11 is 0. The van der Waals surface area contributed by atoms with Crippen LogP contribution in [0.3, 0.4) is 0 Å². The van der Waals surface area contributed by atoms with E-state index in [-0.39, 0.29) is 19.1 Å². The Morgan fingerprint density at radius 2 is 2.11 bits per heavy atom. The summed E-state index contributed by atoms with van der Waals surface area (Å²) in [4.78, 5) is 11.3. The molecule has 1 saturated carbocycles. The van der Waals surface area contributed by atoms with Gasteiger partial charge < -0.3 is 10.1 Å². The Kier molecular flexibility index (Phi) is 4.17. The monoisotopic (exact) mass is 253 g/mol. The van der Waals surface area contributed by atoms with Gasteiger partial charge in [0.2, 0.25) is 0 Å². The molecule has 18 heavy (non-hydrogen) atoms. The van der Waals surface area contributed by atoms with Crippen molar-refractivity contribution in [3.63, 3.8) is 0 Å². The number of carbonyl (C=O) groups excluding carboxylic acids is 1. The van der Waals surface area contributed by atoms with Gasteiger partial charge in [-0.2, -0.15) is 0 Å². The first-order valence-corrected chi connectivity index (χ1v) is 5.89. The maximum Gasteiger partial charge on any atom is 0.541 e. The number of alkyl carbamates (subject to hydrolysis) is 1. The fourth-order valence-corrected chi connectivity index (χ4v) is 1.80. The highest BCUT2D eigenvalue weighted by molar-refractivity contribution is 6.46. The summed E-state index contributed by atoms with van der Waals surface area (Å²) in [6.45, 7) is 0.457. The Bertz CT molecular complexity index is 402. The van der Waals surface area contributed by atoms with E-state index in [1.807, 2.05) is 30.3 Å². The third-order valence-corrected chi connectivity index (χ3v) is 3.02. The molecule has 96 valence electrons. The summed E-state index contributed by atoms with van der Waals surface area (Å²) in [7, 11) is -2.28. The molecular weight excluding hydrogens is 239 g/mol. The highest BCUT2D eigenvalue weighted by atomic mass is 19.2. The minimum absolute atomic E-state index is 0.103. The van der Waals surface area contributed by atoms with E-state index in [1.165, 1.54) is 0 Å². The maximum absolute atomic E-state index is 12.2. The summed E-state index contributed by atoms with van der Waals surface area (Å²) in [5, 5.41) is 2.51. The molecule has 0 radical (unpaired) electrons. The fraction of sp³-hybridized carbons (Fsp3) is 0.417. The van der Waals surface area contributed by atoms with Crippen LogP contribution >= 0.6 is 0 Å². The third kappa shape index (κ3) is 3.72. The fourth-order valence-electron chi connectivity index (χ4n) is 1.80. The molecule has 1 N–H and O–H groups in total. The molecule has 0 aromatic heterocycles. The molecule has 2 rings (SSSR count). The Labute approximate surface area is 105 Å². The number of nitrogens with one attached hydrogen (secondary N) is 1. The normalized spacial score (nSPS) is 21.2. The molecule has 1 aromatic rings. The highest BCUT2D eigenvalue weighted by Gasteiger charge is 2.47. The Morgan fingerprint density at radius 3 is 2.72 bits per heavy atom. The number of benzene rings is 1. The number of hydrogen-bond donors (Lipinski definition) is 1. The minimum atomic E-state index is -2.28. The van der Waals surface area contributed by atoms with Crippen molar-refractivity contribution < 1.29 is 18.2 Å². The van der Waals surface area contributed by atoms with E-state index in [4.69, 9.17) is 4.74 Å². The number of hydrogen-bond acceptors (Lipinski definition) is 2. The predicted octanol–water partition coefficient (Wildman–Crippen LogP) is 2.73. The zero-order chi connectivity index (χ0) is 13.0. The van der Waals surface area contributed by atoms with E-state index in [0.29, 0.717) is 6.42 Å². The van der Waals surface area contributed by atoms with Crippen molar-refractivity contribution >= 4 is 13.4 Å². The molecule has 3 nitrogen and oxygen atoms in total. The van der Waals surface area contributed by atoms with Crippen LogP contribution in [0, 0.1) is 5.92 Å². The predicted molar refractivity (Wildman–Crippen MR) is 64.5 cm³/mol. The molecule has 0 heterocycles. The zero-order valence-electron chi connectivity index (χ0n) is 9.81. The second-order valence-corrected chi connectivity index (χ2v) is 4.44. The molecule has 1 amide bonds. The van der Waals surface area contributed by atoms with E-state index in [9.17, 15) is 13.4 Å². The lowest BCUT2D eigenvalue weighted by molar-refractivity contribution is 0.139. The Hall–Kier alpha value is -1.59. The highest BCUT2D eigenvalue weighted by Crippen LogP contribution is 2.47. The first-order valence-electron chi connectivity index (χ1n) is 5.89. The van der Waals surface area contributed by atoms with Gasteiger partial charge in [-0.3, -0.25) is 8.63 Å². The summed E-state index contributed by atoms with van der Waals surface area (Å²) < 4.78 is 29.4. The van der Waals surface area contributed by atoms with Crippen LogP contribution in [0.15, 0.2) is 30.3 Å². The second-order valence-electron chi connectivity index (χ2n) is 4.44. The van der Waals surface area contributed by atoms with Crippen molar-refractivity contribution in [2.24, 2.45) is 5.92 Å². The topological polar surface area (TPSA) is 38.3 Å². The standard InChI is InChI=1S/C12H14BF2NO2/c14-13(15)11-6-10(11)7-16-12(17)18-8-9-4-2-1-3-5-9/h1-5,10-11H,6-8H2,(H,16,17). The molecule has 0 saturated heterocycles. The van der Waals surface area contributed by atoms with Gasteiger partial charge in [0, 0.05) is 12.4 Å². The number of ether oxygens (including phenoxy) is 1. The first-order chi connectivity index (χ1) is 8.66. The number of halogens is 2. The van der Waals surface area contributed by atoms with Gasteiger partial charge in [0.1, 0.15) is 6.61 Å². The minimum Gasteiger partial charge on any atom is -0.445 e. The number of amides is 1. The summed E-state index contributed by atoms with van der Waals surface area (Å²) in [5.41, 5.74) is 0.893. The molecule has 0 bridgehead atoms. The average Bonchev–Trinajstić information content (AvgIpc) is 3.15. The Balaban J connectivity index is 1.62. The van der Waals surface area contributed by atoms with Crippen molar-refractivity contribution in [2.45, 2.75) is 18.8 Å². The molecule has 2 unspecified atom stereocenters. The lowest BCUT2D eigenvalue weighted by Crippen LogP contribution is -2.26. The zero-order valence-corrected chi connectivity index (χ0v) is 9.81. The molecule has 1 fully saturated rings. The second kappa shape index (κ2) is 5.84. The third-order valence-electron chi connectivity index (χ3n) is 3.02. The molecule has 2 atom stereocenters. The first kappa shape index (κ1) is 12.9. The average molecular weight is 253 g/mol. The number of carbonyl (C=O) groups is 1. The smallest absolute Gasteiger partial charge is 0.445 e. The van der Waals surface area contributed by atoms with Gasteiger partial charge in [0.15, 0.2) is 0 Å². The van der Waals surface area contributed by atoms with Gasteiger partial charge in [-0.15, -0.1) is 0 Å². The molecule has 0 aliphatic heterocycles. The maximum atomic E-state index is 12.2. The van der Waals surface area contributed by atoms with Crippen LogP contribution < -0.4 is 5.32 Å². The van der Waals surface area contributed by atoms with Gasteiger partial charge in [-0.1, -0.05) is 30.3 Å². The van der Waals surface area contributed by atoms with Crippen molar-refractivity contribution in [2.75, 3.05) is 6.54 Å². The SMILES string of the molecule is O=C(NCC1CC1B(F)F)OCc1ccccc1. The lowest BCUT2D eigenvalue weighted by atomic mass is 9.88. The quantitative estimate of drug-likeness (QED) is 0.819. The summed E-state index contributed by atoms with van der Waals surface area (Å²) in [6.07, 6.45) is -0.0739. The molecule has 1 aromatic carbocycles. The van der Waals surface area contributed by atoms with Crippen LogP contribution in [0.2, 0.25) is 5.82 Å². The number of rotatable bonds is 5. The van der Waals surface area contributed by atoms with Crippen LogP contribution in [0.4, 0.5) is 13.4 Å². The van der Waals surface area contributed by atoms with E-state index in [2.05, 4.69) is 5.32 Å². The van der Waals surface area contributed by atoms with E-state index >= 15 is 0 Å². The molecule has 0 spiro atoms. The van der Waals surface area contributed by atoms with Gasteiger partial charge in [-0.25, -0.2) is 4.79 Å². The van der Waals surface area contributed by atoms with Crippen molar-refractivity contribution in [1.82, 2.24) is 5.32 Å². The van der Waals surface area contributed by atoms with Crippen LogP contribution in [0.25, 0.3) is 0 Å². The van der Waals surface area contributed by atoms with Gasteiger partial charge in [0.05, 0.1) is 0 Å². The largest absolute Gasteiger partial charge is 0.541 e. The summed E-state index contributed by atoms with van der Waals surface area (Å²) in [5.74, 6) is -0.659. The molecule has 6 heteroatoms. The van der Waals surface area contributed by atoms with Crippen LogP contribution in [0.5, 0.6) is 0 Å². The van der Waals surface area contributed by atoms with Gasteiger partial charge in [-0.05, 0) is 17.9 Å². The van der Waals surface area contributed by atoms with Crippen molar-refractivity contribution in [3.8, 4) is 0 Å². The van der Waals surface area contributed by atoms with Crippen LogP contribution in [-0.2, 0) is 11.3 Å². The lowest BCUT2D eigenvalue weighted by Gasteiger charge is -2.06. The van der Waals surface area contributed by atoms with Crippen molar-refractivity contribution in [1.29, 1.82) is 0 Å². The van der Waals surface area contributed by atoms with Crippen LogP contribution in [-0.4, -0.2) is 19.9 Å². The molecule has 1 aliphatic rings. The van der Waals surface area contributed by atoms with E-state index in [0.717, 1.165) is 5.56 Å². The Morgan fingerprint density at radius 1 is 1.39 bits per heavy atom. The van der Waals surface area contributed by atoms with Crippen molar-refractivity contribution in [3.05, 3.63) is 35.9 Å².